The number of carbonyl (C=O) groups is 1. The summed E-state index contributed by atoms with van der Waals surface area (Å²) in [6.45, 7) is 7.88. The van der Waals surface area contributed by atoms with Crippen molar-refractivity contribution in [2.24, 2.45) is 0 Å². The lowest BCUT2D eigenvalue weighted by Crippen LogP contribution is -2.41. The van der Waals surface area contributed by atoms with E-state index in [9.17, 15) is 4.79 Å². The fourth-order valence-electron chi connectivity index (χ4n) is 2.05. The second-order valence-electron chi connectivity index (χ2n) is 4.35. The number of hydrogen-bond donors (Lipinski definition) is 1. The molecule has 1 aromatic rings. The van der Waals surface area contributed by atoms with Gasteiger partial charge in [0.1, 0.15) is 0 Å². The molecular weight excluding hydrogens is 242 g/mol. The molecule has 1 rings (SSSR count). The van der Waals surface area contributed by atoms with Crippen LogP contribution in [0.3, 0.4) is 0 Å². The third kappa shape index (κ3) is 3.92. The van der Waals surface area contributed by atoms with Crippen molar-refractivity contribution in [2.75, 3.05) is 32.1 Å². The Morgan fingerprint density at radius 1 is 1.53 bits per heavy atom. The topological polar surface area (TPSA) is 54.5 Å². The molecule has 19 heavy (non-hydrogen) atoms. The highest BCUT2D eigenvalue weighted by Gasteiger charge is 2.22. The lowest BCUT2D eigenvalue weighted by Gasteiger charge is -2.28. The van der Waals surface area contributed by atoms with Gasteiger partial charge in [0, 0.05) is 32.6 Å². The van der Waals surface area contributed by atoms with Crippen molar-refractivity contribution in [1.29, 1.82) is 0 Å². The van der Waals surface area contributed by atoms with Gasteiger partial charge >= 0.3 is 0 Å². The van der Waals surface area contributed by atoms with E-state index >= 15 is 0 Å². The Balaban J connectivity index is 2.97. The lowest BCUT2D eigenvalue weighted by atomic mass is 10.1. The van der Waals surface area contributed by atoms with Gasteiger partial charge in [-0.3, -0.25) is 9.78 Å². The molecule has 5 heteroatoms. The van der Waals surface area contributed by atoms with Crippen LogP contribution in [0.15, 0.2) is 18.5 Å². The number of aromatic nitrogens is 1. The van der Waals surface area contributed by atoms with E-state index in [4.69, 9.17) is 4.74 Å². The van der Waals surface area contributed by atoms with E-state index < -0.39 is 0 Å². The minimum Gasteiger partial charge on any atom is -0.385 e. The van der Waals surface area contributed by atoms with Crippen LogP contribution in [0.5, 0.6) is 0 Å². The number of pyridine rings is 1. The van der Waals surface area contributed by atoms with Crippen LogP contribution in [0.4, 0.5) is 5.69 Å². The molecular formula is C14H23N3O2. The smallest absolute Gasteiger partial charge is 0.257 e. The van der Waals surface area contributed by atoms with E-state index in [2.05, 4.69) is 10.3 Å². The molecule has 0 aliphatic carbocycles. The molecule has 0 spiro atoms. The number of likely N-dealkylation sites (N-methyl/N-ethyl adjacent to an activating group) is 1. The fourth-order valence-corrected chi connectivity index (χ4v) is 2.05. The van der Waals surface area contributed by atoms with Gasteiger partial charge < -0.3 is 15.0 Å². The van der Waals surface area contributed by atoms with Gasteiger partial charge in [0.15, 0.2) is 0 Å². The summed E-state index contributed by atoms with van der Waals surface area (Å²) in [5.74, 6) is -0.0175. The predicted molar refractivity (Wildman–Crippen MR) is 76.4 cm³/mol. The molecule has 0 saturated carbocycles. The van der Waals surface area contributed by atoms with Crippen molar-refractivity contribution in [3.05, 3.63) is 24.0 Å². The van der Waals surface area contributed by atoms with Gasteiger partial charge in [-0.05, 0) is 26.8 Å². The highest BCUT2D eigenvalue weighted by atomic mass is 16.5. The SMILES string of the molecule is CCNc1ccncc1C(=O)N(CC)C(C)COC. The molecule has 1 atom stereocenters. The molecule has 5 nitrogen and oxygen atoms in total. The lowest BCUT2D eigenvalue weighted by molar-refractivity contribution is 0.0580. The first-order valence-electron chi connectivity index (χ1n) is 6.63. The molecule has 0 bridgehead atoms. The van der Waals surface area contributed by atoms with Gasteiger partial charge in [-0.2, -0.15) is 0 Å². The number of rotatable bonds is 7. The van der Waals surface area contributed by atoms with Gasteiger partial charge in [-0.1, -0.05) is 0 Å². The number of nitrogens with zero attached hydrogens (tertiary/aromatic N) is 2. The summed E-state index contributed by atoms with van der Waals surface area (Å²) in [4.78, 5) is 18.4. The van der Waals surface area contributed by atoms with Gasteiger partial charge in [0.25, 0.3) is 5.91 Å². The summed E-state index contributed by atoms with van der Waals surface area (Å²) < 4.78 is 5.13. The molecule has 0 radical (unpaired) electrons. The maximum absolute atomic E-state index is 12.6. The molecule has 0 aliphatic heterocycles. The number of ether oxygens (including phenoxy) is 1. The number of amides is 1. The first-order valence-corrected chi connectivity index (χ1v) is 6.63. The van der Waals surface area contributed by atoms with E-state index in [0.717, 1.165) is 12.2 Å². The molecule has 106 valence electrons. The highest BCUT2D eigenvalue weighted by molar-refractivity contribution is 5.99. The Morgan fingerprint density at radius 3 is 2.84 bits per heavy atom. The first-order chi connectivity index (χ1) is 9.15. The number of hydrogen-bond acceptors (Lipinski definition) is 4. The van der Waals surface area contributed by atoms with Gasteiger partial charge in [-0.15, -0.1) is 0 Å². The second kappa shape index (κ2) is 7.74. The van der Waals surface area contributed by atoms with Crippen molar-refractivity contribution in [3.8, 4) is 0 Å². The third-order valence-electron chi connectivity index (χ3n) is 2.96. The van der Waals surface area contributed by atoms with Crippen LogP contribution in [0.2, 0.25) is 0 Å². The number of methoxy groups -OCH3 is 1. The van der Waals surface area contributed by atoms with Crippen molar-refractivity contribution in [3.63, 3.8) is 0 Å². The largest absolute Gasteiger partial charge is 0.385 e. The number of carbonyl (C=O) groups excluding carboxylic acids is 1. The standard InChI is InChI=1S/C14H23N3O2/c1-5-16-13-7-8-15-9-12(13)14(18)17(6-2)11(3)10-19-4/h7-9,11H,5-6,10H2,1-4H3,(H,15,16). The van der Waals surface area contributed by atoms with Crippen LogP contribution in [0.1, 0.15) is 31.1 Å². The Hall–Kier alpha value is -1.62. The predicted octanol–water partition coefficient (Wildman–Crippen LogP) is 2.01. The van der Waals surface area contributed by atoms with Crippen molar-refractivity contribution < 1.29 is 9.53 Å². The Bertz CT molecular complexity index is 409. The summed E-state index contributed by atoms with van der Waals surface area (Å²) in [6.07, 6.45) is 3.30. The first kappa shape index (κ1) is 15.4. The average molecular weight is 265 g/mol. The van der Waals surface area contributed by atoms with Crippen LogP contribution in [0, 0.1) is 0 Å². The number of anilines is 1. The summed E-state index contributed by atoms with van der Waals surface area (Å²) in [5.41, 5.74) is 1.43. The van der Waals surface area contributed by atoms with Crippen molar-refractivity contribution in [1.82, 2.24) is 9.88 Å². The molecule has 0 saturated heterocycles. The molecule has 1 N–H and O–H groups in total. The van der Waals surface area contributed by atoms with E-state index in [-0.39, 0.29) is 11.9 Å². The Morgan fingerprint density at radius 2 is 2.26 bits per heavy atom. The molecule has 1 aromatic heterocycles. The van der Waals surface area contributed by atoms with Crippen LogP contribution in [0.25, 0.3) is 0 Å². The molecule has 1 heterocycles. The summed E-state index contributed by atoms with van der Waals surface area (Å²) in [7, 11) is 1.64. The fraction of sp³-hybridized carbons (Fsp3) is 0.571. The summed E-state index contributed by atoms with van der Waals surface area (Å²) >= 11 is 0. The molecule has 0 aliphatic rings. The normalized spacial score (nSPS) is 12.0. The van der Waals surface area contributed by atoms with Crippen LogP contribution < -0.4 is 5.32 Å². The van der Waals surface area contributed by atoms with Crippen molar-refractivity contribution in [2.45, 2.75) is 26.8 Å². The minimum atomic E-state index is -0.0175. The van der Waals surface area contributed by atoms with Gasteiger partial charge in [0.05, 0.1) is 23.9 Å². The molecule has 0 fully saturated rings. The zero-order chi connectivity index (χ0) is 14.3. The van der Waals surface area contributed by atoms with E-state index in [0.29, 0.717) is 18.7 Å². The highest BCUT2D eigenvalue weighted by Crippen LogP contribution is 2.17. The quantitative estimate of drug-likeness (QED) is 0.819. The molecule has 0 aromatic carbocycles. The number of nitrogens with one attached hydrogen (secondary N) is 1. The maximum atomic E-state index is 12.6. The maximum Gasteiger partial charge on any atom is 0.257 e. The summed E-state index contributed by atoms with van der Waals surface area (Å²) in [6, 6.07) is 1.86. The van der Waals surface area contributed by atoms with Crippen LogP contribution in [-0.4, -0.2) is 48.6 Å². The Labute approximate surface area is 115 Å². The minimum absolute atomic E-state index is 0.0175. The zero-order valence-electron chi connectivity index (χ0n) is 12.1. The molecule has 1 amide bonds. The average Bonchev–Trinajstić information content (AvgIpc) is 2.40. The third-order valence-corrected chi connectivity index (χ3v) is 2.96. The molecule has 1 unspecified atom stereocenters. The Kier molecular flexibility index (Phi) is 6.29. The van der Waals surface area contributed by atoms with E-state index in [1.165, 1.54) is 0 Å². The van der Waals surface area contributed by atoms with Crippen LogP contribution in [-0.2, 0) is 4.74 Å². The van der Waals surface area contributed by atoms with Gasteiger partial charge in [-0.25, -0.2) is 0 Å². The van der Waals surface area contributed by atoms with E-state index in [1.807, 2.05) is 26.8 Å². The second-order valence-corrected chi connectivity index (χ2v) is 4.35. The van der Waals surface area contributed by atoms with Crippen LogP contribution >= 0.6 is 0 Å². The van der Waals surface area contributed by atoms with E-state index in [1.54, 1.807) is 24.4 Å². The van der Waals surface area contributed by atoms with Crippen molar-refractivity contribution >= 4 is 11.6 Å². The summed E-state index contributed by atoms with van der Waals surface area (Å²) in [5, 5.41) is 3.19. The zero-order valence-corrected chi connectivity index (χ0v) is 12.1. The van der Waals surface area contributed by atoms with Gasteiger partial charge in [0.2, 0.25) is 0 Å². The monoisotopic (exact) mass is 265 g/mol.